The third-order valence-corrected chi connectivity index (χ3v) is 4.27. The molecule has 2 aromatic rings. The maximum Gasteiger partial charge on any atom is 0.226 e. The van der Waals surface area contributed by atoms with Gasteiger partial charge in [0.1, 0.15) is 6.07 Å². The van der Waals surface area contributed by atoms with Crippen LogP contribution in [0, 0.1) is 11.3 Å². The van der Waals surface area contributed by atoms with Gasteiger partial charge in [-0.2, -0.15) is 5.26 Å². The fourth-order valence-corrected chi connectivity index (χ4v) is 2.92. The first-order valence-corrected chi connectivity index (χ1v) is 8.90. The average molecular weight is 363 g/mol. The second kappa shape index (κ2) is 8.50. The van der Waals surface area contributed by atoms with E-state index in [0.29, 0.717) is 11.3 Å². The summed E-state index contributed by atoms with van der Waals surface area (Å²) in [5, 5.41) is 12.2. The largest absolute Gasteiger partial charge is 0.326 e. The third kappa shape index (κ3) is 5.18. The Balaban J connectivity index is 2.12. The quantitative estimate of drug-likeness (QED) is 0.863. The van der Waals surface area contributed by atoms with E-state index in [1.54, 1.807) is 24.3 Å². The van der Waals surface area contributed by atoms with Crippen LogP contribution >= 0.6 is 0 Å². The highest BCUT2D eigenvalue weighted by molar-refractivity contribution is 5.96. The zero-order valence-corrected chi connectivity index (χ0v) is 16.2. The van der Waals surface area contributed by atoms with Crippen molar-refractivity contribution in [1.82, 2.24) is 0 Å². The number of carbonyl (C=O) groups excluding carboxylic acids is 2. The highest BCUT2D eigenvalue weighted by Gasteiger charge is 2.20. The van der Waals surface area contributed by atoms with Gasteiger partial charge in [-0.05, 0) is 29.2 Å². The molecule has 140 valence electrons. The van der Waals surface area contributed by atoms with E-state index >= 15 is 0 Å². The smallest absolute Gasteiger partial charge is 0.226 e. The lowest BCUT2D eigenvalue weighted by molar-refractivity contribution is -0.117. The Labute approximate surface area is 160 Å². The Morgan fingerprint density at radius 3 is 2.33 bits per heavy atom. The number of rotatable bonds is 5. The van der Waals surface area contributed by atoms with Gasteiger partial charge in [0.15, 0.2) is 0 Å². The summed E-state index contributed by atoms with van der Waals surface area (Å²) in [7, 11) is 0. The predicted molar refractivity (Wildman–Crippen MR) is 108 cm³/mol. The van der Waals surface area contributed by atoms with Crippen LogP contribution in [0.4, 0.5) is 11.4 Å². The minimum Gasteiger partial charge on any atom is -0.326 e. The van der Waals surface area contributed by atoms with E-state index in [0.717, 1.165) is 11.3 Å². The molecule has 0 aliphatic rings. The molecule has 5 nitrogen and oxygen atoms in total. The molecule has 0 heterocycles. The van der Waals surface area contributed by atoms with Gasteiger partial charge in [0, 0.05) is 25.6 Å². The monoisotopic (exact) mass is 363 g/mol. The van der Waals surface area contributed by atoms with E-state index in [9.17, 15) is 14.9 Å². The molecule has 2 aromatic carbocycles. The van der Waals surface area contributed by atoms with Crippen molar-refractivity contribution in [3.63, 3.8) is 0 Å². The Morgan fingerprint density at radius 1 is 1.07 bits per heavy atom. The van der Waals surface area contributed by atoms with Crippen molar-refractivity contribution in [2.75, 3.05) is 16.8 Å². The van der Waals surface area contributed by atoms with Gasteiger partial charge in [0.2, 0.25) is 11.8 Å². The molecule has 2 amide bonds. The molecule has 5 heteroatoms. The van der Waals surface area contributed by atoms with Crippen LogP contribution in [0.15, 0.2) is 48.5 Å². The van der Waals surface area contributed by atoms with E-state index in [1.165, 1.54) is 11.8 Å². The van der Waals surface area contributed by atoms with Crippen molar-refractivity contribution in [3.8, 4) is 6.07 Å². The van der Waals surface area contributed by atoms with Crippen LogP contribution in [0.25, 0.3) is 0 Å². The molecular weight excluding hydrogens is 338 g/mol. The average Bonchev–Trinajstić information content (AvgIpc) is 2.61. The second-order valence-electron chi connectivity index (χ2n) is 7.39. The summed E-state index contributed by atoms with van der Waals surface area (Å²) in [5.74, 6) is -0.381. The van der Waals surface area contributed by atoms with Gasteiger partial charge in [-0.15, -0.1) is 0 Å². The van der Waals surface area contributed by atoms with E-state index in [2.05, 4.69) is 32.2 Å². The molecule has 0 aromatic heterocycles. The Morgan fingerprint density at radius 2 is 1.70 bits per heavy atom. The number of hydrogen-bond donors (Lipinski definition) is 1. The molecule has 0 bridgehead atoms. The summed E-state index contributed by atoms with van der Waals surface area (Å²) in [6.45, 7) is 7.91. The van der Waals surface area contributed by atoms with Crippen molar-refractivity contribution < 1.29 is 9.59 Å². The fourth-order valence-electron chi connectivity index (χ4n) is 2.92. The number of amides is 2. The van der Waals surface area contributed by atoms with Crippen molar-refractivity contribution in [2.24, 2.45) is 0 Å². The predicted octanol–water partition coefficient (Wildman–Crippen LogP) is 4.24. The lowest BCUT2D eigenvalue weighted by atomic mass is 9.86. The molecule has 1 N–H and O–H groups in total. The van der Waals surface area contributed by atoms with Crippen LogP contribution < -0.4 is 10.2 Å². The second-order valence-corrected chi connectivity index (χ2v) is 7.39. The number of benzene rings is 2. The zero-order valence-electron chi connectivity index (χ0n) is 16.2. The molecule has 2 rings (SSSR count). The lowest BCUT2D eigenvalue weighted by Gasteiger charge is -2.24. The highest BCUT2D eigenvalue weighted by atomic mass is 16.2. The molecular formula is C22H25N3O2. The molecule has 0 saturated heterocycles. The first kappa shape index (κ1) is 20.2. The van der Waals surface area contributed by atoms with Crippen LogP contribution in [-0.4, -0.2) is 18.4 Å². The minimum atomic E-state index is -0.208. The number of carbonyl (C=O) groups is 2. The number of anilines is 2. The van der Waals surface area contributed by atoms with Crippen LogP contribution in [0.3, 0.4) is 0 Å². The van der Waals surface area contributed by atoms with E-state index < -0.39 is 0 Å². The zero-order chi connectivity index (χ0) is 20.0. The Bertz CT molecular complexity index is 876. The van der Waals surface area contributed by atoms with Gasteiger partial charge in [-0.25, -0.2) is 0 Å². The Kier molecular flexibility index (Phi) is 6.36. The van der Waals surface area contributed by atoms with Crippen LogP contribution in [0.2, 0.25) is 0 Å². The number of nitriles is 1. The lowest BCUT2D eigenvalue weighted by Crippen LogP contribution is -2.32. The number of nitrogens with zero attached hydrogens (tertiary/aromatic N) is 2. The molecule has 0 aliphatic heterocycles. The first-order valence-electron chi connectivity index (χ1n) is 8.90. The fraction of sp³-hybridized carbons (Fsp3) is 0.318. The SMILES string of the molecule is CC(=O)N(CCC(=O)Nc1ccccc1C(C)(C)C)c1ccccc1C#N. The topological polar surface area (TPSA) is 73.2 Å². The van der Waals surface area contributed by atoms with E-state index in [1.807, 2.05) is 24.3 Å². The normalized spacial score (nSPS) is 10.8. The molecule has 0 radical (unpaired) electrons. The van der Waals surface area contributed by atoms with Crippen molar-refractivity contribution in [2.45, 2.75) is 39.5 Å². The summed E-state index contributed by atoms with van der Waals surface area (Å²) >= 11 is 0. The maximum absolute atomic E-state index is 12.5. The summed E-state index contributed by atoms with van der Waals surface area (Å²) in [6.07, 6.45) is 0.137. The molecule has 27 heavy (non-hydrogen) atoms. The summed E-state index contributed by atoms with van der Waals surface area (Å²) in [4.78, 5) is 26.0. The standard InChI is InChI=1S/C22H25N3O2/c1-16(26)25(20-12-8-5-9-17(20)15-23)14-13-21(27)24-19-11-7-6-10-18(19)22(2,3)4/h5-12H,13-14H2,1-4H3,(H,24,27). The van der Waals surface area contributed by atoms with E-state index in [4.69, 9.17) is 0 Å². The van der Waals surface area contributed by atoms with Crippen LogP contribution in [0.5, 0.6) is 0 Å². The van der Waals surface area contributed by atoms with Crippen LogP contribution in [-0.2, 0) is 15.0 Å². The van der Waals surface area contributed by atoms with Gasteiger partial charge in [0.25, 0.3) is 0 Å². The molecule has 0 atom stereocenters. The number of hydrogen-bond acceptors (Lipinski definition) is 3. The molecule has 0 spiro atoms. The summed E-state index contributed by atoms with van der Waals surface area (Å²) < 4.78 is 0. The maximum atomic E-state index is 12.5. The molecule has 0 fully saturated rings. The highest BCUT2D eigenvalue weighted by Crippen LogP contribution is 2.29. The van der Waals surface area contributed by atoms with Gasteiger partial charge >= 0.3 is 0 Å². The van der Waals surface area contributed by atoms with Gasteiger partial charge in [0.05, 0.1) is 11.3 Å². The van der Waals surface area contributed by atoms with E-state index in [-0.39, 0.29) is 30.2 Å². The van der Waals surface area contributed by atoms with Crippen molar-refractivity contribution in [3.05, 3.63) is 59.7 Å². The van der Waals surface area contributed by atoms with Crippen molar-refractivity contribution in [1.29, 1.82) is 5.26 Å². The molecule has 0 saturated carbocycles. The first-order chi connectivity index (χ1) is 12.7. The third-order valence-electron chi connectivity index (χ3n) is 4.27. The van der Waals surface area contributed by atoms with Gasteiger partial charge in [-0.3, -0.25) is 9.59 Å². The summed E-state index contributed by atoms with van der Waals surface area (Å²) in [5.41, 5.74) is 2.67. The Hall–Kier alpha value is -3.13. The van der Waals surface area contributed by atoms with Gasteiger partial charge in [-0.1, -0.05) is 51.1 Å². The minimum absolute atomic E-state index is 0.0962. The van der Waals surface area contributed by atoms with Crippen molar-refractivity contribution >= 4 is 23.2 Å². The molecule has 0 aliphatic carbocycles. The van der Waals surface area contributed by atoms with Gasteiger partial charge < -0.3 is 10.2 Å². The number of para-hydroxylation sites is 2. The van der Waals surface area contributed by atoms with Crippen LogP contribution in [0.1, 0.15) is 45.2 Å². The number of nitrogens with one attached hydrogen (secondary N) is 1. The molecule has 0 unspecified atom stereocenters. The summed E-state index contributed by atoms with van der Waals surface area (Å²) in [6, 6.07) is 16.7.